The Morgan fingerprint density at radius 3 is 2.62 bits per heavy atom. The van der Waals surface area contributed by atoms with Gasteiger partial charge in [-0.2, -0.15) is 5.10 Å². The maximum Gasteiger partial charge on any atom is 0.272 e. The van der Waals surface area contributed by atoms with Crippen LogP contribution in [0.3, 0.4) is 0 Å². The Bertz CT molecular complexity index is 904. The molecule has 0 bridgehead atoms. The van der Waals surface area contributed by atoms with Crippen LogP contribution in [0.4, 0.5) is 0 Å². The van der Waals surface area contributed by atoms with Gasteiger partial charge in [-0.05, 0) is 32.8 Å². The van der Waals surface area contributed by atoms with Gasteiger partial charge in [0.05, 0.1) is 0 Å². The largest absolute Gasteiger partial charge is 0.355 e. The summed E-state index contributed by atoms with van der Waals surface area (Å²) in [5.74, 6) is -0.879. The number of carbonyl (C=O) groups is 3. The van der Waals surface area contributed by atoms with Crippen molar-refractivity contribution >= 4 is 17.7 Å². The van der Waals surface area contributed by atoms with Crippen LogP contribution in [0, 0.1) is 6.92 Å². The summed E-state index contributed by atoms with van der Waals surface area (Å²) < 4.78 is 1.59. The van der Waals surface area contributed by atoms with E-state index in [2.05, 4.69) is 15.7 Å². The minimum Gasteiger partial charge on any atom is -0.355 e. The minimum absolute atomic E-state index is 0.140. The molecule has 3 rings (SSSR count). The van der Waals surface area contributed by atoms with Gasteiger partial charge in [0.1, 0.15) is 11.7 Å². The van der Waals surface area contributed by atoms with Crippen LogP contribution in [0.2, 0.25) is 0 Å². The van der Waals surface area contributed by atoms with Crippen LogP contribution in [0.25, 0.3) is 0 Å². The van der Waals surface area contributed by atoms with Gasteiger partial charge < -0.3 is 15.5 Å². The number of carbonyl (C=O) groups excluding carboxylic acids is 3. The first-order chi connectivity index (χ1) is 13.9. The molecule has 1 aliphatic rings. The maximum atomic E-state index is 13.0. The number of aryl methyl sites for hydroxylation is 2. The number of nitrogens with zero attached hydrogens (tertiary/aromatic N) is 3. The lowest BCUT2D eigenvalue weighted by molar-refractivity contribution is -0.122. The van der Waals surface area contributed by atoms with E-state index in [4.69, 9.17) is 0 Å². The standard InChI is InChI=1S/C21H27N5O3/c1-4-22-19(27)15(3)23-20(28)17-12-18-21(29)25(10-5-11-26(18)24-17)13-16-8-6-14(2)7-9-16/h6-9,12,15H,4-5,10-11,13H2,1-3H3,(H,22,27)(H,23,28). The van der Waals surface area contributed by atoms with Gasteiger partial charge in [-0.25, -0.2) is 0 Å². The van der Waals surface area contributed by atoms with E-state index in [9.17, 15) is 14.4 Å². The van der Waals surface area contributed by atoms with Crippen molar-refractivity contribution in [2.24, 2.45) is 0 Å². The molecule has 0 radical (unpaired) electrons. The second-order valence-electron chi connectivity index (χ2n) is 7.29. The molecule has 2 heterocycles. The molecule has 0 aliphatic carbocycles. The van der Waals surface area contributed by atoms with E-state index in [1.54, 1.807) is 16.5 Å². The summed E-state index contributed by atoms with van der Waals surface area (Å²) in [5, 5.41) is 9.58. The van der Waals surface area contributed by atoms with Crippen LogP contribution < -0.4 is 10.6 Å². The van der Waals surface area contributed by atoms with E-state index in [0.29, 0.717) is 31.9 Å². The number of amides is 3. The number of likely N-dealkylation sites (N-methyl/N-ethyl adjacent to an activating group) is 1. The normalized spacial score (nSPS) is 14.7. The lowest BCUT2D eigenvalue weighted by Crippen LogP contribution is -2.44. The average Bonchev–Trinajstić information content (AvgIpc) is 3.07. The van der Waals surface area contributed by atoms with E-state index in [0.717, 1.165) is 12.0 Å². The van der Waals surface area contributed by atoms with E-state index in [1.165, 1.54) is 11.6 Å². The fourth-order valence-corrected chi connectivity index (χ4v) is 3.27. The van der Waals surface area contributed by atoms with Crippen LogP contribution in [-0.4, -0.2) is 51.5 Å². The Balaban J connectivity index is 1.73. The average molecular weight is 397 g/mol. The van der Waals surface area contributed by atoms with Crippen molar-refractivity contribution in [2.75, 3.05) is 13.1 Å². The summed E-state index contributed by atoms with van der Waals surface area (Å²) >= 11 is 0. The monoisotopic (exact) mass is 397 g/mol. The number of benzene rings is 1. The fraction of sp³-hybridized carbons (Fsp3) is 0.429. The molecule has 0 spiro atoms. The highest BCUT2D eigenvalue weighted by atomic mass is 16.2. The van der Waals surface area contributed by atoms with Crippen molar-refractivity contribution in [1.29, 1.82) is 0 Å². The molecule has 2 N–H and O–H groups in total. The van der Waals surface area contributed by atoms with Crippen molar-refractivity contribution in [1.82, 2.24) is 25.3 Å². The SMILES string of the molecule is CCNC(=O)C(C)NC(=O)c1cc2n(n1)CCCN(Cc1ccc(C)cc1)C2=O. The van der Waals surface area contributed by atoms with Crippen LogP contribution in [0.1, 0.15) is 52.4 Å². The Kier molecular flexibility index (Phi) is 6.31. The van der Waals surface area contributed by atoms with Gasteiger partial charge in [0.2, 0.25) is 5.91 Å². The van der Waals surface area contributed by atoms with Crippen molar-refractivity contribution in [2.45, 2.75) is 46.3 Å². The van der Waals surface area contributed by atoms with Crippen LogP contribution in [0.5, 0.6) is 0 Å². The van der Waals surface area contributed by atoms with Gasteiger partial charge in [0.25, 0.3) is 11.8 Å². The molecule has 154 valence electrons. The number of hydrogen-bond acceptors (Lipinski definition) is 4. The van der Waals surface area contributed by atoms with Gasteiger partial charge in [0, 0.05) is 32.2 Å². The zero-order valence-corrected chi connectivity index (χ0v) is 17.1. The number of nitrogens with one attached hydrogen (secondary N) is 2. The Morgan fingerprint density at radius 1 is 1.21 bits per heavy atom. The van der Waals surface area contributed by atoms with Gasteiger partial charge in [-0.1, -0.05) is 29.8 Å². The first kappa shape index (κ1) is 20.6. The molecule has 0 fully saturated rings. The van der Waals surface area contributed by atoms with Crippen molar-refractivity contribution < 1.29 is 14.4 Å². The Labute approximate surface area is 170 Å². The van der Waals surface area contributed by atoms with Gasteiger partial charge >= 0.3 is 0 Å². The Morgan fingerprint density at radius 2 is 1.93 bits per heavy atom. The summed E-state index contributed by atoms with van der Waals surface area (Å²) in [6, 6.07) is 8.92. The molecule has 1 atom stereocenters. The maximum absolute atomic E-state index is 13.0. The summed E-state index contributed by atoms with van der Waals surface area (Å²) in [7, 11) is 0. The number of hydrogen-bond donors (Lipinski definition) is 2. The van der Waals surface area contributed by atoms with Crippen molar-refractivity contribution in [3.8, 4) is 0 Å². The second-order valence-corrected chi connectivity index (χ2v) is 7.29. The molecule has 8 nitrogen and oxygen atoms in total. The van der Waals surface area contributed by atoms with Crippen molar-refractivity contribution in [3.05, 3.63) is 52.8 Å². The van der Waals surface area contributed by atoms with E-state index < -0.39 is 11.9 Å². The highest BCUT2D eigenvalue weighted by Gasteiger charge is 2.27. The summed E-state index contributed by atoms with van der Waals surface area (Å²) in [4.78, 5) is 39.1. The third-order valence-electron chi connectivity index (χ3n) is 4.90. The predicted octanol–water partition coefficient (Wildman–Crippen LogP) is 1.49. The zero-order valence-electron chi connectivity index (χ0n) is 17.1. The van der Waals surface area contributed by atoms with Crippen molar-refractivity contribution in [3.63, 3.8) is 0 Å². The number of aromatic nitrogens is 2. The molecular weight excluding hydrogens is 370 g/mol. The molecular formula is C21H27N5O3. The third-order valence-corrected chi connectivity index (χ3v) is 4.90. The van der Waals surface area contributed by atoms with E-state index in [-0.39, 0.29) is 17.5 Å². The first-order valence-corrected chi connectivity index (χ1v) is 9.90. The van der Waals surface area contributed by atoms with E-state index >= 15 is 0 Å². The molecule has 29 heavy (non-hydrogen) atoms. The number of rotatable bonds is 6. The van der Waals surface area contributed by atoms with Crippen LogP contribution >= 0.6 is 0 Å². The molecule has 1 unspecified atom stereocenters. The molecule has 0 saturated heterocycles. The lowest BCUT2D eigenvalue weighted by Gasteiger charge is -2.20. The summed E-state index contributed by atoms with van der Waals surface area (Å²) in [6.07, 6.45) is 0.753. The molecule has 1 aliphatic heterocycles. The highest BCUT2D eigenvalue weighted by Crippen LogP contribution is 2.17. The second kappa shape index (κ2) is 8.89. The first-order valence-electron chi connectivity index (χ1n) is 9.90. The summed E-state index contributed by atoms with van der Waals surface area (Å²) in [5.41, 5.74) is 2.77. The van der Waals surface area contributed by atoms with Gasteiger partial charge in [-0.15, -0.1) is 0 Å². The van der Waals surface area contributed by atoms with Crippen LogP contribution in [0.15, 0.2) is 30.3 Å². The molecule has 1 aromatic heterocycles. The zero-order chi connectivity index (χ0) is 21.0. The van der Waals surface area contributed by atoms with Gasteiger partial charge in [0.15, 0.2) is 5.69 Å². The minimum atomic E-state index is -0.683. The molecule has 0 saturated carbocycles. The quantitative estimate of drug-likeness (QED) is 0.772. The molecule has 3 amide bonds. The summed E-state index contributed by atoms with van der Waals surface area (Å²) in [6.45, 7) is 7.64. The lowest BCUT2D eigenvalue weighted by atomic mass is 10.1. The topological polar surface area (TPSA) is 96.3 Å². The van der Waals surface area contributed by atoms with E-state index in [1.807, 2.05) is 38.1 Å². The van der Waals surface area contributed by atoms with Gasteiger partial charge in [-0.3, -0.25) is 19.1 Å². The smallest absolute Gasteiger partial charge is 0.272 e. The predicted molar refractivity (Wildman–Crippen MR) is 108 cm³/mol. The highest BCUT2D eigenvalue weighted by molar-refractivity contribution is 5.99. The fourth-order valence-electron chi connectivity index (χ4n) is 3.27. The molecule has 2 aromatic rings. The van der Waals surface area contributed by atoms with Crippen LogP contribution in [-0.2, 0) is 17.9 Å². The molecule has 1 aromatic carbocycles. The Hall–Kier alpha value is -3.16. The molecule has 8 heteroatoms. The third kappa shape index (κ3) is 4.82. The number of fused-ring (bicyclic) bond motifs is 1.